The number of ether oxygens (including phenoxy) is 1. The standard InChI is InChI=1S/C40H42N6O7Si/c1-26-37(54(2,3)52)36(19-20-44-24-34(42-43-44)32(25-47)28-12-6-4-7-13-28)53-40(26)33-22-31(46(50)51)17-18-35(33)45(39(40)49)23-27-11-10-16-30(21-27)41-38(48)29-14-8-5-9-15-29/h4-18,21-22,24,26,32,36-37,47,52H,19-20,23,25H2,1-3H3,(H,41,48)/t26-,32?,36+,37-,40+/m1/s1. The summed E-state index contributed by atoms with van der Waals surface area (Å²) >= 11 is 0. The van der Waals surface area contributed by atoms with Gasteiger partial charge in [0.1, 0.15) is 0 Å². The zero-order valence-electron chi connectivity index (χ0n) is 30.2. The van der Waals surface area contributed by atoms with Crippen molar-refractivity contribution in [3.8, 4) is 0 Å². The van der Waals surface area contributed by atoms with E-state index in [2.05, 4.69) is 15.6 Å². The normalized spacial score (nSPS) is 21.3. The highest BCUT2D eigenvalue weighted by Gasteiger charge is 2.66. The summed E-state index contributed by atoms with van der Waals surface area (Å²) in [6.45, 7) is 5.86. The Morgan fingerprint density at radius 1 is 1.04 bits per heavy atom. The highest BCUT2D eigenvalue weighted by molar-refractivity contribution is 6.71. The Kier molecular flexibility index (Phi) is 10.0. The van der Waals surface area contributed by atoms with Crippen molar-refractivity contribution in [2.45, 2.75) is 62.7 Å². The first-order valence-electron chi connectivity index (χ1n) is 17.9. The number of rotatable bonds is 12. The first kappa shape index (κ1) is 36.8. The van der Waals surface area contributed by atoms with E-state index in [9.17, 15) is 29.6 Å². The van der Waals surface area contributed by atoms with Gasteiger partial charge in [-0.25, -0.2) is 0 Å². The van der Waals surface area contributed by atoms with Crippen molar-refractivity contribution in [1.29, 1.82) is 0 Å². The summed E-state index contributed by atoms with van der Waals surface area (Å²) in [6.07, 6.45) is 1.58. The highest BCUT2D eigenvalue weighted by Crippen LogP contribution is 2.60. The van der Waals surface area contributed by atoms with Gasteiger partial charge in [0.25, 0.3) is 17.5 Å². The maximum Gasteiger partial charge on any atom is 0.269 e. The Hall–Kier alpha value is -5.54. The molecule has 2 aliphatic rings. The van der Waals surface area contributed by atoms with Gasteiger partial charge in [0, 0.05) is 53.1 Å². The van der Waals surface area contributed by atoms with Crippen molar-refractivity contribution >= 4 is 37.2 Å². The number of aryl methyl sites for hydroxylation is 1. The van der Waals surface area contributed by atoms with Crippen LogP contribution in [0.3, 0.4) is 0 Å². The smallest absolute Gasteiger partial charge is 0.269 e. The number of benzene rings is 4. The molecule has 1 saturated heterocycles. The molecule has 0 aliphatic carbocycles. The van der Waals surface area contributed by atoms with E-state index >= 15 is 0 Å². The first-order chi connectivity index (χ1) is 25.9. The van der Waals surface area contributed by atoms with E-state index in [1.54, 1.807) is 64.3 Å². The molecule has 4 aromatic carbocycles. The van der Waals surface area contributed by atoms with Crippen molar-refractivity contribution in [1.82, 2.24) is 15.0 Å². The molecule has 2 amide bonds. The summed E-state index contributed by atoms with van der Waals surface area (Å²) in [4.78, 5) is 52.7. The minimum absolute atomic E-state index is 0.112. The number of nitro benzene ring substituents is 1. The van der Waals surface area contributed by atoms with Crippen molar-refractivity contribution in [3.63, 3.8) is 0 Å². The molecule has 1 unspecified atom stereocenters. The van der Waals surface area contributed by atoms with Crippen molar-refractivity contribution < 1.29 is 29.2 Å². The minimum Gasteiger partial charge on any atom is -0.432 e. The Morgan fingerprint density at radius 2 is 1.76 bits per heavy atom. The van der Waals surface area contributed by atoms with Gasteiger partial charge in [-0.1, -0.05) is 72.8 Å². The van der Waals surface area contributed by atoms with E-state index in [1.165, 1.54) is 12.1 Å². The van der Waals surface area contributed by atoms with Crippen LogP contribution in [-0.4, -0.2) is 62.7 Å². The summed E-state index contributed by atoms with van der Waals surface area (Å²) in [5.41, 5.74) is 2.02. The fourth-order valence-corrected chi connectivity index (χ4v) is 10.8. The molecule has 7 rings (SSSR count). The zero-order chi connectivity index (χ0) is 38.2. The average molecular weight is 747 g/mol. The molecule has 0 saturated carbocycles. The van der Waals surface area contributed by atoms with Gasteiger partial charge in [-0.15, -0.1) is 5.10 Å². The maximum absolute atomic E-state index is 14.9. The van der Waals surface area contributed by atoms with Gasteiger partial charge in [-0.2, -0.15) is 0 Å². The van der Waals surface area contributed by atoms with Crippen LogP contribution < -0.4 is 10.2 Å². The quantitative estimate of drug-likeness (QED) is 0.0787. The third kappa shape index (κ3) is 6.84. The zero-order valence-corrected chi connectivity index (χ0v) is 31.2. The molecule has 1 spiro atoms. The van der Waals surface area contributed by atoms with Gasteiger partial charge in [0.15, 0.2) is 13.9 Å². The number of anilines is 2. The van der Waals surface area contributed by atoms with Crippen LogP contribution in [-0.2, 0) is 28.2 Å². The van der Waals surface area contributed by atoms with Crippen LogP contribution >= 0.6 is 0 Å². The number of amides is 2. The van der Waals surface area contributed by atoms with E-state index in [-0.39, 0.29) is 36.6 Å². The number of aliphatic hydroxyl groups excluding tert-OH is 1. The number of carbonyl (C=O) groups is 2. The molecule has 278 valence electrons. The van der Waals surface area contributed by atoms with Gasteiger partial charge >= 0.3 is 0 Å². The number of hydrogen-bond donors (Lipinski definition) is 3. The number of nitrogens with one attached hydrogen (secondary N) is 1. The molecule has 5 atom stereocenters. The van der Waals surface area contributed by atoms with Crippen LogP contribution in [0.15, 0.2) is 109 Å². The molecule has 0 radical (unpaired) electrons. The van der Waals surface area contributed by atoms with Crippen molar-refractivity contribution in [3.05, 3.63) is 147 Å². The largest absolute Gasteiger partial charge is 0.432 e. The summed E-state index contributed by atoms with van der Waals surface area (Å²) in [5.74, 6) is -1.52. The molecule has 54 heavy (non-hydrogen) atoms. The lowest BCUT2D eigenvalue weighted by Crippen LogP contribution is -2.46. The molecule has 1 aromatic heterocycles. The predicted molar refractivity (Wildman–Crippen MR) is 204 cm³/mol. The number of non-ortho nitro benzene ring substituents is 1. The molecule has 2 aliphatic heterocycles. The number of hydrogen-bond acceptors (Lipinski definition) is 9. The third-order valence-corrected chi connectivity index (χ3v) is 13.2. The Bertz CT molecular complexity index is 2180. The number of aliphatic hydroxyl groups is 1. The van der Waals surface area contributed by atoms with Gasteiger partial charge in [-0.3, -0.25) is 24.4 Å². The number of fused-ring (bicyclic) bond motifs is 2. The molecular weight excluding hydrogens is 705 g/mol. The van der Waals surface area contributed by atoms with Crippen LogP contribution in [0.25, 0.3) is 0 Å². The Labute approximate surface area is 313 Å². The second kappa shape index (κ2) is 14.7. The van der Waals surface area contributed by atoms with Gasteiger partial charge in [-0.05, 0) is 61.0 Å². The Balaban J connectivity index is 1.18. The van der Waals surface area contributed by atoms with Gasteiger partial charge in [0.05, 0.1) is 41.5 Å². The topological polar surface area (TPSA) is 173 Å². The SMILES string of the molecule is C[C@@H]1[C@@H]([Si](C)(C)O)[C@H](CCn2cc(C(CO)c3ccccc3)nn2)O[C@@]12C(=O)N(Cc1cccc(NC(=O)c3ccccc3)c1)c1ccc([N+](=O)[O-])cc12. The summed E-state index contributed by atoms with van der Waals surface area (Å²) in [6, 6.07) is 30.0. The van der Waals surface area contributed by atoms with E-state index in [1.807, 2.05) is 62.5 Å². The molecule has 3 heterocycles. The molecule has 13 nitrogen and oxygen atoms in total. The Morgan fingerprint density at radius 3 is 2.44 bits per heavy atom. The number of nitro groups is 1. The van der Waals surface area contributed by atoms with E-state index in [0.717, 1.165) is 11.1 Å². The van der Waals surface area contributed by atoms with E-state index in [0.29, 0.717) is 41.2 Å². The third-order valence-electron chi connectivity index (χ3n) is 10.7. The van der Waals surface area contributed by atoms with E-state index in [4.69, 9.17) is 4.74 Å². The van der Waals surface area contributed by atoms with Crippen LogP contribution in [0.5, 0.6) is 0 Å². The first-order valence-corrected chi connectivity index (χ1v) is 21.0. The lowest BCUT2D eigenvalue weighted by Gasteiger charge is -2.32. The fraction of sp³-hybridized carbons (Fsp3) is 0.300. The molecule has 3 N–H and O–H groups in total. The fourth-order valence-electron chi connectivity index (χ4n) is 8.23. The van der Waals surface area contributed by atoms with Crippen molar-refractivity contribution in [2.75, 3.05) is 16.8 Å². The predicted octanol–water partition coefficient (Wildman–Crippen LogP) is 6.00. The lowest BCUT2D eigenvalue weighted by molar-refractivity contribution is -0.385. The summed E-state index contributed by atoms with van der Waals surface area (Å²) < 4.78 is 8.57. The lowest BCUT2D eigenvalue weighted by atomic mass is 9.82. The number of aromatic nitrogens is 3. The maximum atomic E-state index is 14.9. The van der Waals surface area contributed by atoms with Crippen LogP contribution in [0.4, 0.5) is 17.1 Å². The van der Waals surface area contributed by atoms with E-state index < -0.39 is 36.4 Å². The number of carbonyl (C=O) groups excluding carboxylic acids is 2. The van der Waals surface area contributed by atoms with Gasteiger partial charge < -0.3 is 24.9 Å². The second-order valence-electron chi connectivity index (χ2n) is 14.6. The van der Waals surface area contributed by atoms with Crippen molar-refractivity contribution in [2.24, 2.45) is 5.92 Å². The highest BCUT2D eigenvalue weighted by atomic mass is 28.4. The average Bonchev–Trinajstić information content (AvgIpc) is 3.82. The molecule has 5 aromatic rings. The monoisotopic (exact) mass is 746 g/mol. The molecule has 14 heteroatoms. The van der Waals surface area contributed by atoms with Crippen LogP contribution in [0, 0.1) is 16.0 Å². The summed E-state index contributed by atoms with van der Waals surface area (Å²) in [5, 5.41) is 33.8. The van der Waals surface area contributed by atoms with Crippen LogP contribution in [0.1, 0.15) is 52.0 Å². The van der Waals surface area contributed by atoms with Gasteiger partial charge in [0.2, 0.25) is 0 Å². The number of nitrogens with zero attached hydrogens (tertiary/aromatic N) is 5. The molecular formula is C40H42N6O7Si. The minimum atomic E-state index is -3.03. The van der Waals surface area contributed by atoms with Crippen LogP contribution in [0.2, 0.25) is 18.6 Å². The summed E-state index contributed by atoms with van der Waals surface area (Å²) in [7, 11) is -3.03. The second-order valence-corrected chi connectivity index (χ2v) is 18.5. The molecule has 1 fully saturated rings. The molecule has 0 bridgehead atoms.